The Morgan fingerprint density at radius 2 is 2.09 bits per heavy atom. The zero-order valence-electron chi connectivity index (χ0n) is 19.2. The molecule has 8 nitrogen and oxygen atoms in total. The van der Waals surface area contributed by atoms with Crippen molar-refractivity contribution in [3.05, 3.63) is 72.6 Å². The Kier molecular flexibility index (Phi) is 7.99. The quantitative estimate of drug-likeness (QED) is 0.487. The van der Waals surface area contributed by atoms with Crippen molar-refractivity contribution >= 4 is 0 Å². The van der Waals surface area contributed by atoms with Gasteiger partial charge in [0.05, 0.1) is 33.2 Å². The molecule has 1 aliphatic heterocycles. The third kappa shape index (κ3) is 6.69. The molecule has 2 heterocycles. The number of ether oxygens (including phenoxy) is 4. The van der Waals surface area contributed by atoms with Crippen molar-refractivity contribution in [1.29, 1.82) is 0 Å². The highest BCUT2D eigenvalue weighted by atomic mass is 19.1. The fourth-order valence-electron chi connectivity index (χ4n) is 3.86. The van der Waals surface area contributed by atoms with Crippen LogP contribution in [0.25, 0.3) is 0 Å². The normalized spacial score (nSPS) is 18.9. The lowest BCUT2D eigenvalue weighted by atomic mass is 10.1. The van der Waals surface area contributed by atoms with Crippen LogP contribution in [-0.4, -0.2) is 71.8 Å². The van der Waals surface area contributed by atoms with E-state index in [1.807, 2.05) is 29.0 Å². The van der Waals surface area contributed by atoms with Crippen molar-refractivity contribution in [2.75, 3.05) is 46.6 Å². The topological polar surface area (TPSA) is 78.2 Å². The molecule has 9 heteroatoms. The van der Waals surface area contributed by atoms with Gasteiger partial charge >= 0.3 is 0 Å². The Morgan fingerprint density at radius 1 is 1.18 bits per heavy atom. The van der Waals surface area contributed by atoms with E-state index in [2.05, 4.69) is 9.88 Å². The Labute approximate surface area is 198 Å². The number of methoxy groups -OCH3 is 1. The number of β-amino-alcohol motifs (C(OH)–C–C–N with tert-alkyl or cyclic N) is 1. The van der Waals surface area contributed by atoms with E-state index in [4.69, 9.17) is 18.9 Å². The van der Waals surface area contributed by atoms with Crippen LogP contribution >= 0.6 is 0 Å². The molecular weight excluding hydrogens is 441 g/mol. The van der Waals surface area contributed by atoms with Crippen molar-refractivity contribution in [3.63, 3.8) is 0 Å². The average Bonchev–Trinajstić information content (AvgIpc) is 3.28. The minimum Gasteiger partial charge on any atom is -0.493 e. The summed E-state index contributed by atoms with van der Waals surface area (Å²) in [6.07, 6.45) is 5.37. The van der Waals surface area contributed by atoms with Gasteiger partial charge in [0.1, 0.15) is 30.4 Å². The molecule has 1 saturated heterocycles. The summed E-state index contributed by atoms with van der Waals surface area (Å²) in [5.74, 6) is 1.31. The number of nitrogens with zero attached hydrogens (tertiary/aromatic N) is 3. The van der Waals surface area contributed by atoms with Crippen LogP contribution in [0.15, 0.2) is 61.2 Å². The molecule has 182 valence electrons. The standard InChI is InChI=1S/C25H30FN3O5/c1-31-24-13-20(5-6-23(24)33-12-10-28-8-7-27-19-28)15-29-9-11-32-17-25(30,16-29)18-34-22-4-2-3-21(26)14-22/h2-8,13-14,19,30H,9-12,15-18H2,1H3/t25-/m0/s1. The first-order valence-electron chi connectivity index (χ1n) is 11.2. The van der Waals surface area contributed by atoms with Crippen molar-refractivity contribution in [3.8, 4) is 17.2 Å². The summed E-state index contributed by atoms with van der Waals surface area (Å²) in [7, 11) is 1.62. The lowest BCUT2D eigenvalue weighted by Crippen LogP contribution is -2.48. The molecule has 2 aromatic carbocycles. The molecule has 0 bridgehead atoms. The predicted molar refractivity (Wildman–Crippen MR) is 124 cm³/mol. The van der Waals surface area contributed by atoms with Gasteiger partial charge in [0.2, 0.25) is 0 Å². The molecular formula is C25H30FN3O5. The molecule has 0 aliphatic carbocycles. The molecule has 1 atom stereocenters. The van der Waals surface area contributed by atoms with Crippen LogP contribution in [-0.2, 0) is 17.8 Å². The highest BCUT2D eigenvalue weighted by Gasteiger charge is 2.33. The number of rotatable bonds is 10. The zero-order valence-corrected chi connectivity index (χ0v) is 19.2. The minimum absolute atomic E-state index is 0.0000326. The van der Waals surface area contributed by atoms with Crippen LogP contribution in [0, 0.1) is 5.82 Å². The zero-order chi connectivity index (χ0) is 23.8. The van der Waals surface area contributed by atoms with Gasteiger partial charge in [0.15, 0.2) is 11.5 Å². The van der Waals surface area contributed by atoms with E-state index in [1.165, 1.54) is 12.1 Å². The first-order chi connectivity index (χ1) is 16.5. The largest absolute Gasteiger partial charge is 0.493 e. The molecule has 0 amide bonds. The van der Waals surface area contributed by atoms with E-state index in [9.17, 15) is 9.50 Å². The number of imidazole rings is 1. The lowest BCUT2D eigenvalue weighted by Gasteiger charge is -2.30. The van der Waals surface area contributed by atoms with Crippen LogP contribution in [0.4, 0.5) is 4.39 Å². The molecule has 1 aliphatic rings. The van der Waals surface area contributed by atoms with E-state index in [0.717, 1.165) is 5.56 Å². The number of hydrogen-bond donors (Lipinski definition) is 1. The molecule has 0 unspecified atom stereocenters. The Bertz CT molecular complexity index is 1050. The minimum atomic E-state index is -1.22. The highest BCUT2D eigenvalue weighted by Crippen LogP contribution is 2.29. The summed E-state index contributed by atoms with van der Waals surface area (Å²) in [4.78, 5) is 6.13. The molecule has 0 radical (unpaired) electrons. The summed E-state index contributed by atoms with van der Waals surface area (Å²) in [6, 6.07) is 11.7. The lowest BCUT2D eigenvalue weighted by molar-refractivity contribution is -0.0647. The van der Waals surface area contributed by atoms with Crippen LogP contribution in [0.3, 0.4) is 0 Å². The highest BCUT2D eigenvalue weighted by molar-refractivity contribution is 5.43. The second-order valence-corrected chi connectivity index (χ2v) is 8.37. The van der Waals surface area contributed by atoms with Crippen molar-refractivity contribution < 1.29 is 28.4 Å². The fourth-order valence-corrected chi connectivity index (χ4v) is 3.86. The SMILES string of the molecule is COc1cc(CN2CCOC[C@](O)(COc3cccc(F)c3)C2)ccc1OCCn1ccnc1. The third-order valence-corrected chi connectivity index (χ3v) is 5.54. The van der Waals surface area contributed by atoms with Gasteiger partial charge in [-0.3, -0.25) is 4.90 Å². The first kappa shape index (κ1) is 24.0. The van der Waals surface area contributed by atoms with Crippen molar-refractivity contribution in [1.82, 2.24) is 14.5 Å². The van der Waals surface area contributed by atoms with Gasteiger partial charge in [-0.1, -0.05) is 12.1 Å². The van der Waals surface area contributed by atoms with E-state index in [-0.39, 0.29) is 19.0 Å². The first-order valence-corrected chi connectivity index (χ1v) is 11.2. The van der Waals surface area contributed by atoms with Gasteiger partial charge < -0.3 is 28.6 Å². The predicted octanol–water partition coefficient (Wildman–Crippen LogP) is 2.75. The molecule has 1 aromatic heterocycles. The van der Waals surface area contributed by atoms with Gasteiger partial charge in [-0.05, 0) is 29.8 Å². The second kappa shape index (κ2) is 11.3. The van der Waals surface area contributed by atoms with Gasteiger partial charge in [0, 0.05) is 38.1 Å². The summed E-state index contributed by atoms with van der Waals surface area (Å²) >= 11 is 0. The second-order valence-electron chi connectivity index (χ2n) is 8.37. The maximum Gasteiger partial charge on any atom is 0.161 e. The van der Waals surface area contributed by atoms with E-state index in [1.54, 1.807) is 31.8 Å². The Morgan fingerprint density at radius 3 is 2.88 bits per heavy atom. The fraction of sp³-hybridized carbons (Fsp3) is 0.400. The summed E-state index contributed by atoms with van der Waals surface area (Å²) < 4.78 is 38.1. The summed E-state index contributed by atoms with van der Waals surface area (Å²) in [5.41, 5.74) is -0.197. The van der Waals surface area contributed by atoms with E-state index >= 15 is 0 Å². The molecule has 4 rings (SSSR count). The van der Waals surface area contributed by atoms with E-state index < -0.39 is 5.60 Å². The monoisotopic (exact) mass is 471 g/mol. The molecule has 0 spiro atoms. The maximum absolute atomic E-state index is 13.4. The summed E-state index contributed by atoms with van der Waals surface area (Å²) in [6.45, 7) is 3.43. The van der Waals surface area contributed by atoms with Crippen LogP contribution in [0.1, 0.15) is 5.56 Å². The van der Waals surface area contributed by atoms with E-state index in [0.29, 0.717) is 56.6 Å². The number of benzene rings is 2. The number of aliphatic hydroxyl groups is 1. The smallest absolute Gasteiger partial charge is 0.161 e. The van der Waals surface area contributed by atoms with Gasteiger partial charge in [-0.25, -0.2) is 9.37 Å². The maximum atomic E-state index is 13.4. The molecule has 1 N–H and O–H groups in total. The Hall–Kier alpha value is -3.14. The van der Waals surface area contributed by atoms with Crippen LogP contribution in [0.5, 0.6) is 17.2 Å². The van der Waals surface area contributed by atoms with Crippen LogP contribution < -0.4 is 14.2 Å². The molecule has 3 aromatic rings. The third-order valence-electron chi connectivity index (χ3n) is 5.54. The molecule has 0 saturated carbocycles. The number of hydrogen-bond acceptors (Lipinski definition) is 7. The van der Waals surface area contributed by atoms with Crippen molar-refractivity contribution in [2.45, 2.75) is 18.7 Å². The number of aromatic nitrogens is 2. The summed E-state index contributed by atoms with van der Waals surface area (Å²) in [5, 5.41) is 11.1. The van der Waals surface area contributed by atoms with Gasteiger partial charge in [-0.2, -0.15) is 0 Å². The van der Waals surface area contributed by atoms with Gasteiger partial charge in [-0.15, -0.1) is 0 Å². The Balaban J connectivity index is 1.35. The van der Waals surface area contributed by atoms with Crippen molar-refractivity contribution in [2.24, 2.45) is 0 Å². The number of halogens is 1. The van der Waals surface area contributed by atoms with Crippen LogP contribution in [0.2, 0.25) is 0 Å². The molecule has 34 heavy (non-hydrogen) atoms. The average molecular weight is 472 g/mol. The molecule has 1 fully saturated rings. The van der Waals surface area contributed by atoms with Gasteiger partial charge in [0.25, 0.3) is 0 Å².